The molecule has 2 aromatic rings. The lowest BCUT2D eigenvalue weighted by Gasteiger charge is -2.26. The predicted octanol–water partition coefficient (Wildman–Crippen LogP) is 5.25. The number of carbonyl (C=O) groups excluding carboxylic acids is 1. The Hall–Kier alpha value is -1.85. The maximum absolute atomic E-state index is 12.1. The first kappa shape index (κ1) is 21.8. The minimum atomic E-state index is -0.123. The van der Waals surface area contributed by atoms with Crippen LogP contribution in [0.5, 0.6) is 5.75 Å². The number of rotatable bonds is 8. The van der Waals surface area contributed by atoms with Crippen molar-refractivity contribution in [3.8, 4) is 5.75 Å². The van der Waals surface area contributed by atoms with E-state index in [1.807, 2.05) is 18.2 Å². The summed E-state index contributed by atoms with van der Waals surface area (Å²) in [4.78, 5) is 14.7. The normalized spacial score (nSPS) is 14.8. The van der Waals surface area contributed by atoms with E-state index >= 15 is 0 Å². The number of nitrogens with zero attached hydrogens (tertiary/aromatic N) is 1. The first-order chi connectivity index (χ1) is 14.0. The lowest BCUT2D eigenvalue weighted by molar-refractivity contribution is -0.123. The highest BCUT2D eigenvalue weighted by molar-refractivity contribution is 9.10. The Morgan fingerprint density at radius 2 is 1.76 bits per heavy atom. The van der Waals surface area contributed by atoms with Crippen molar-refractivity contribution in [1.29, 1.82) is 0 Å². The van der Waals surface area contributed by atoms with Gasteiger partial charge in [-0.25, -0.2) is 0 Å². The highest BCUT2D eigenvalue weighted by Crippen LogP contribution is 2.28. The molecule has 0 aromatic heterocycles. The zero-order chi connectivity index (χ0) is 20.6. The maximum atomic E-state index is 12.1. The van der Waals surface area contributed by atoms with Gasteiger partial charge in [0.05, 0.1) is 4.47 Å². The fourth-order valence-electron chi connectivity index (χ4n) is 3.53. The Morgan fingerprint density at radius 1 is 1.07 bits per heavy atom. The van der Waals surface area contributed by atoms with Crippen LogP contribution in [0.1, 0.15) is 55.7 Å². The Kier molecular flexibility index (Phi) is 8.13. The smallest absolute Gasteiger partial charge is 0.258 e. The van der Waals surface area contributed by atoms with E-state index in [2.05, 4.69) is 64.3 Å². The molecule has 1 aliphatic heterocycles. The van der Waals surface area contributed by atoms with E-state index in [1.54, 1.807) is 0 Å². The van der Waals surface area contributed by atoms with Crippen LogP contribution in [0.4, 0.5) is 0 Å². The number of nitrogens with one attached hydrogen (secondary N) is 1. The van der Waals surface area contributed by atoms with Gasteiger partial charge in [-0.2, -0.15) is 0 Å². The molecule has 1 fully saturated rings. The van der Waals surface area contributed by atoms with Crippen LogP contribution in [0.25, 0.3) is 0 Å². The summed E-state index contributed by atoms with van der Waals surface area (Å²) in [6, 6.07) is 14.5. The summed E-state index contributed by atoms with van der Waals surface area (Å²) in [5.41, 5.74) is 3.67. The number of amides is 1. The van der Waals surface area contributed by atoms with E-state index in [0.717, 1.165) is 16.6 Å². The molecule has 0 aliphatic carbocycles. The van der Waals surface area contributed by atoms with Crippen molar-refractivity contribution in [2.75, 3.05) is 19.7 Å². The number of likely N-dealkylation sites (tertiary alicyclic amines) is 1. The van der Waals surface area contributed by atoms with Gasteiger partial charge in [-0.3, -0.25) is 9.69 Å². The van der Waals surface area contributed by atoms with Crippen molar-refractivity contribution in [2.24, 2.45) is 0 Å². The van der Waals surface area contributed by atoms with Gasteiger partial charge < -0.3 is 10.1 Å². The van der Waals surface area contributed by atoms with E-state index in [-0.39, 0.29) is 12.5 Å². The molecule has 2 aromatic carbocycles. The molecule has 3 rings (SSSR count). The van der Waals surface area contributed by atoms with Gasteiger partial charge in [-0.05, 0) is 76.6 Å². The lowest BCUT2D eigenvalue weighted by atomic mass is 10.0. The molecule has 0 unspecified atom stereocenters. The van der Waals surface area contributed by atoms with Gasteiger partial charge in [-0.15, -0.1) is 0 Å². The first-order valence-corrected chi connectivity index (χ1v) is 11.3. The van der Waals surface area contributed by atoms with E-state index in [9.17, 15) is 4.79 Å². The molecule has 0 atom stereocenters. The molecule has 4 nitrogen and oxygen atoms in total. The van der Waals surface area contributed by atoms with Crippen molar-refractivity contribution in [3.05, 3.63) is 63.6 Å². The minimum absolute atomic E-state index is 0.00662. The van der Waals surface area contributed by atoms with E-state index in [1.165, 1.54) is 43.5 Å². The summed E-state index contributed by atoms with van der Waals surface area (Å²) in [6.07, 6.45) is 3.98. The largest absolute Gasteiger partial charge is 0.483 e. The van der Waals surface area contributed by atoms with Crippen molar-refractivity contribution in [2.45, 2.75) is 52.1 Å². The van der Waals surface area contributed by atoms with E-state index < -0.39 is 0 Å². The molecule has 29 heavy (non-hydrogen) atoms. The topological polar surface area (TPSA) is 41.6 Å². The fourth-order valence-corrected chi connectivity index (χ4v) is 4.04. The van der Waals surface area contributed by atoms with Gasteiger partial charge in [0, 0.05) is 13.1 Å². The quantitative estimate of drug-likeness (QED) is 0.586. The summed E-state index contributed by atoms with van der Waals surface area (Å²) in [6.45, 7) is 8.24. The number of hydrogen-bond donors (Lipinski definition) is 1. The van der Waals surface area contributed by atoms with Gasteiger partial charge >= 0.3 is 0 Å². The number of hydrogen-bond acceptors (Lipinski definition) is 3. The van der Waals surface area contributed by atoms with E-state index in [4.69, 9.17) is 4.74 Å². The molecular weight excluding hydrogens is 428 g/mol. The summed E-state index contributed by atoms with van der Waals surface area (Å²) in [7, 11) is 0. The van der Waals surface area contributed by atoms with Gasteiger partial charge in [0.25, 0.3) is 5.91 Å². The van der Waals surface area contributed by atoms with Crippen molar-refractivity contribution in [1.82, 2.24) is 10.2 Å². The molecule has 1 heterocycles. The highest BCUT2D eigenvalue weighted by atomic mass is 79.9. The average Bonchev–Trinajstić information content (AvgIpc) is 2.73. The summed E-state index contributed by atoms with van der Waals surface area (Å²) in [5, 5.41) is 2.93. The minimum Gasteiger partial charge on any atom is -0.483 e. The second-order valence-electron chi connectivity index (χ2n) is 8.06. The molecule has 1 amide bonds. The third kappa shape index (κ3) is 6.86. The van der Waals surface area contributed by atoms with Crippen LogP contribution in [0.15, 0.2) is 46.9 Å². The third-order valence-corrected chi connectivity index (χ3v) is 5.97. The second-order valence-corrected chi connectivity index (χ2v) is 8.92. The molecule has 0 bridgehead atoms. The Labute approximate surface area is 182 Å². The monoisotopic (exact) mass is 458 g/mol. The van der Waals surface area contributed by atoms with Gasteiger partial charge in [0.2, 0.25) is 0 Å². The van der Waals surface area contributed by atoms with Crippen LogP contribution in [0.2, 0.25) is 0 Å². The van der Waals surface area contributed by atoms with Gasteiger partial charge in [0.15, 0.2) is 6.61 Å². The molecule has 1 saturated heterocycles. The van der Waals surface area contributed by atoms with Crippen LogP contribution >= 0.6 is 15.9 Å². The van der Waals surface area contributed by atoms with Crippen LogP contribution in [-0.4, -0.2) is 30.5 Å². The van der Waals surface area contributed by atoms with Crippen LogP contribution in [0.3, 0.4) is 0 Å². The summed E-state index contributed by atoms with van der Waals surface area (Å²) in [5.74, 6) is 1.02. The van der Waals surface area contributed by atoms with Crippen molar-refractivity contribution >= 4 is 21.8 Å². The Morgan fingerprint density at radius 3 is 2.41 bits per heavy atom. The predicted molar refractivity (Wildman–Crippen MR) is 121 cm³/mol. The zero-order valence-electron chi connectivity index (χ0n) is 17.4. The lowest BCUT2D eigenvalue weighted by Crippen LogP contribution is -2.29. The molecule has 5 heteroatoms. The highest BCUT2D eigenvalue weighted by Gasteiger charge is 2.11. The van der Waals surface area contributed by atoms with Crippen LogP contribution in [0, 0.1) is 0 Å². The number of halogens is 1. The molecule has 0 spiro atoms. The fraction of sp³-hybridized carbons (Fsp3) is 0.458. The number of carbonyl (C=O) groups is 1. The molecule has 0 saturated carbocycles. The van der Waals surface area contributed by atoms with Crippen LogP contribution < -0.4 is 10.1 Å². The summed E-state index contributed by atoms with van der Waals surface area (Å²) >= 11 is 3.52. The standard InChI is InChI=1S/C24H31BrN2O2/c1-18(2)21-10-11-23(22(25)14-21)29-17-24(28)26-15-19-6-8-20(9-7-19)16-27-12-4-3-5-13-27/h6-11,14,18H,3-5,12-13,15-17H2,1-2H3,(H,26,28). The number of piperidine rings is 1. The van der Waals surface area contributed by atoms with Gasteiger partial charge in [-0.1, -0.05) is 50.6 Å². The molecule has 0 radical (unpaired) electrons. The molecule has 1 N–H and O–H groups in total. The number of ether oxygens (including phenoxy) is 1. The Balaban J connectivity index is 1.42. The van der Waals surface area contributed by atoms with Crippen molar-refractivity contribution < 1.29 is 9.53 Å². The molecule has 156 valence electrons. The first-order valence-electron chi connectivity index (χ1n) is 10.5. The summed E-state index contributed by atoms with van der Waals surface area (Å²) < 4.78 is 6.54. The van der Waals surface area contributed by atoms with Crippen LogP contribution in [-0.2, 0) is 17.9 Å². The molecular formula is C24H31BrN2O2. The van der Waals surface area contributed by atoms with E-state index in [0.29, 0.717) is 18.2 Å². The Bertz CT molecular complexity index is 799. The second kappa shape index (κ2) is 10.8. The maximum Gasteiger partial charge on any atom is 0.258 e. The zero-order valence-corrected chi connectivity index (χ0v) is 19.0. The third-order valence-electron chi connectivity index (χ3n) is 5.35. The average molecular weight is 459 g/mol. The SMILES string of the molecule is CC(C)c1ccc(OCC(=O)NCc2ccc(CN3CCCCC3)cc2)c(Br)c1. The van der Waals surface area contributed by atoms with Crippen molar-refractivity contribution in [3.63, 3.8) is 0 Å². The number of benzene rings is 2. The molecule has 1 aliphatic rings. The van der Waals surface area contributed by atoms with Gasteiger partial charge in [0.1, 0.15) is 5.75 Å².